The van der Waals surface area contributed by atoms with Crippen molar-refractivity contribution in [2.24, 2.45) is 0 Å². The van der Waals surface area contributed by atoms with Gasteiger partial charge in [-0.15, -0.1) is 11.8 Å². The van der Waals surface area contributed by atoms with Crippen LogP contribution in [0.25, 0.3) is 11.0 Å². The fourth-order valence-corrected chi connectivity index (χ4v) is 5.05. The monoisotopic (exact) mass is 458 g/mol. The molecule has 2 nitrogen and oxygen atoms in total. The lowest BCUT2D eigenvalue weighted by atomic mass is 10.1. The van der Waals surface area contributed by atoms with E-state index in [9.17, 15) is 0 Å². The Labute approximate surface area is 199 Å². The molecular formula is C27H39ClN2S. The number of unbranched alkanes of at least 4 members (excludes halogenated alkanes) is 9. The van der Waals surface area contributed by atoms with Gasteiger partial charge in [-0.2, -0.15) is 0 Å². The molecule has 0 aliphatic heterocycles. The maximum Gasteiger partial charge on any atom is 0.245 e. The van der Waals surface area contributed by atoms with E-state index in [-0.39, 0.29) is 12.4 Å². The Balaban J connectivity index is 0.00000341. The third-order valence-corrected chi connectivity index (χ3v) is 6.89. The summed E-state index contributed by atoms with van der Waals surface area (Å²) in [5, 5.41) is 0. The van der Waals surface area contributed by atoms with Crippen molar-refractivity contribution in [3.05, 3.63) is 66.5 Å². The van der Waals surface area contributed by atoms with Gasteiger partial charge in [-0.25, -0.2) is 9.13 Å². The molecule has 1 heterocycles. The maximum absolute atomic E-state index is 2.42. The van der Waals surface area contributed by atoms with Crippen molar-refractivity contribution >= 4 is 22.8 Å². The van der Waals surface area contributed by atoms with Crippen molar-refractivity contribution in [2.45, 2.75) is 83.6 Å². The van der Waals surface area contributed by atoms with Crippen LogP contribution < -0.4 is 17.0 Å². The summed E-state index contributed by atoms with van der Waals surface area (Å²) >= 11 is 2.07. The number of rotatable bonds is 15. The van der Waals surface area contributed by atoms with Gasteiger partial charge in [0, 0.05) is 0 Å². The molecule has 1 aromatic heterocycles. The first-order valence-corrected chi connectivity index (χ1v) is 13.1. The lowest BCUT2D eigenvalue weighted by Crippen LogP contribution is -3.00. The minimum absolute atomic E-state index is 0. The van der Waals surface area contributed by atoms with E-state index in [0.29, 0.717) is 0 Å². The maximum atomic E-state index is 2.42. The van der Waals surface area contributed by atoms with Gasteiger partial charge in [-0.05, 0) is 29.9 Å². The van der Waals surface area contributed by atoms with Crippen LogP contribution in [0.1, 0.15) is 76.7 Å². The summed E-state index contributed by atoms with van der Waals surface area (Å²) in [5.74, 6) is 2.31. The molecule has 0 saturated carbocycles. The fraction of sp³-hybridized carbons (Fsp3) is 0.519. The zero-order valence-corrected chi connectivity index (χ0v) is 20.7. The van der Waals surface area contributed by atoms with Gasteiger partial charge in [0.05, 0.1) is 0 Å². The van der Waals surface area contributed by atoms with Crippen molar-refractivity contribution in [2.75, 3.05) is 5.75 Å². The molecule has 0 aliphatic carbocycles. The van der Waals surface area contributed by atoms with Crippen molar-refractivity contribution in [3.8, 4) is 0 Å². The van der Waals surface area contributed by atoms with Crippen LogP contribution in [0.5, 0.6) is 0 Å². The number of para-hydroxylation sites is 2. The smallest absolute Gasteiger partial charge is 0.245 e. The van der Waals surface area contributed by atoms with Crippen LogP contribution in [0.2, 0.25) is 0 Å². The van der Waals surface area contributed by atoms with Gasteiger partial charge in [-0.3, -0.25) is 0 Å². The molecule has 170 valence electrons. The highest BCUT2D eigenvalue weighted by Gasteiger charge is 2.15. The molecule has 0 radical (unpaired) electrons. The molecule has 0 aliphatic rings. The first-order valence-electron chi connectivity index (χ1n) is 12.0. The Kier molecular flexibility index (Phi) is 12.8. The summed E-state index contributed by atoms with van der Waals surface area (Å²) in [6, 6.07) is 19.5. The van der Waals surface area contributed by atoms with Crippen LogP contribution in [-0.2, 0) is 12.4 Å². The Morgan fingerprint density at radius 3 is 2.06 bits per heavy atom. The molecule has 0 atom stereocenters. The van der Waals surface area contributed by atoms with E-state index in [1.807, 2.05) is 0 Å². The third-order valence-electron chi connectivity index (χ3n) is 5.85. The van der Waals surface area contributed by atoms with Crippen LogP contribution in [0.3, 0.4) is 0 Å². The van der Waals surface area contributed by atoms with Gasteiger partial charge >= 0.3 is 0 Å². The molecule has 0 spiro atoms. The molecule has 0 saturated heterocycles. The van der Waals surface area contributed by atoms with E-state index >= 15 is 0 Å². The molecule has 0 bridgehead atoms. The standard InChI is InChI=1S/C27H39N2S.ClH/c1-2-3-4-5-6-7-8-9-10-16-21-30-24-29-23-28(22-25-17-12-11-13-18-25)26-19-14-15-20-27(26)29;/h11-15,17-20,23H,2-10,16,21-22,24H2,1H3;1H/q+1;/p-1. The van der Waals surface area contributed by atoms with Gasteiger partial charge in [-0.1, -0.05) is 107 Å². The number of benzene rings is 2. The minimum atomic E-state index is 0. The number of halogens is 1. The van der Waals surface area contributed by atoms with Crippen molar-refractivity contribution in [3.63, 3.8) is 0 Å². The van der Waals surface area contributed by atoms with Gasteiger partial charge < -0.3 is 12.4 Å². The van der Waals surface area contributed by atoms with Crippen LogP contribution in [0, 0.1) is 0 Å². The van der Waals surface area contributed by atoms with Crippen LogP contribution in [0.4, 0.5) is 0 Å². The summed E-state index contributed by atoms with van der Waals surface area (Å²) in [5.41, 5.74) is 4.01. The Morgan fingerprint density at radius 1 is 0.742 bits per heavy atom. The molecule has 2 aromatic carbocycles. The number of hydrogen-bond acceptors (Lipinski definition) is 1. The molecule has 0 amide bonds. The second kappa shape index (κ2) is 15.4. The second-order valence-electron chi connectivity index (χ2n) is 8.41. The number of aromatic nitrogens is 2. The SMILES string of the molecule is CCCCCCCCCCCCSCn1c[n+](Cc2ccccc2)c2ccccc21.[Cl-]. The van der Waals surface area contributed by atoms with E-state index in [4.69, 9.17) is 0 Å². The molecule has 0 unspecified atom stereocenters. The number of hydrogen-bond donors (Lipinski definition) is 0. The average Bonchev–Trinajstić information content (AvgIpc) is 3.13. The zero-order chi connectivity index (χ0) is 20.9. The average molecular weight is 459 g/mol. The lowest BCUT2D eigenvalue weighted by molar-refractivity contribution is -0.663. The second-order valence-corrected chi connectivity index (χ2v) is 9.48. The summed E-state index contributed by atoms with van der Waals surface area (Å²) in [4.78, 5) is 0. The minimum Gasteiger partial charge on any atom is -1.00 e. The number of fused-ring (bicyclic) bond motifs is 1. The molecular weight excluding hydrogens is 420 g/mol. The predicted molar refractivity (Wildman–Crippen MR) is 132 cm³/mol. The quantitative estimate of drug-likeness (QED) is 0.239. The van der Waals surface area contributed by atoms with Crippen molar-refractivity contribution in [1.82, 2.24) is 4.57 Å². The Bertz CT molecular complexity index is 847. The van der Waals surface area contributed by atoms with Gasteiger partial charge in [0.25, 0.3) is 0 Å². The molecule has 31 heavy (non-hydrogen) atoms. The molecule has 0 N–H and O–H groups in total. The normalized spacial score (nSPS) is 11.0. The zero-order valence-electron chi connectivity index (χ0n) is 19.1. The van der Waals surface area contributed by atoms with E-state index in [0.717, 1.165) is 12.4 Å². The number of nitrogens with zero attached hydrogens (tertiary/aromatic N) is 2. The Morgan fingerprint density at radius 2 is 1.35 bits per heavy atom. The van der Waals surface area contributed by atoms with Crippen molar-refractivity contribution < 1.29 is 17.0 Å². The summed E-state index contributed by atoms with van der Waals surface area (Å²) in [6.45, 7) is 3.22. The van der Waals surface area contributed by atoms with Gasteiger partial charge in [0.1, 0.15) is 12.4 Å². The van der Waals surface area contributed by atoms with Gasteiger partial charge in [0.2, 0.25) is 6.33 Å². The first kappa shape index (κ1) is 25.8. The molecule has 4 heteroatoms. The van der Waals surface area contributed by atoms with Crippen molar-refractivity contribution in [1.29, 1.82) is 0 Å². The van der Waals surface area contributed by atoms with E-state index in [1.165, 1.54) is 86.6 Å². The van der Waals surface area contributed by atoms with Crippen LogP contribution >= 0.6 is 11.8 Å². The highest BCUT2D eigenvalue weighted by molar-refractivity contribution is 7.98. The largest absolute Gasteiger partial charge is 1.00 e. The highest BCUT2D eigenvalue weighted by atomic mass is 35.5. The summed E-state index contributed by atoms with van der Waals surface area (Å²) in [7, 11) is 0. The molecule has 3 aromatic rings. The van der Waals surface area contributed by atoms with E-state index in [1.54, 1.807) is 0 Å². The topological polar surface area (TPSA) is 8.81 Å². The predicted octanol–water partition coefficient (Wildman–Crippen LogP) is 4.59. The summed E-state index contributed by atoms with van der Waals surface area (Å²) < 4.78 is 4.80. The molecule has 3 rings (SSSR count). The lowest BCUT2D eigenvalue weighted by Gasteiger charge is -2.02. The van der Waals surface area contributed by atoms with E-state index < -0.39 is 0 Å². The number of thioether (sulfide) groups is 1. The molecule has 0 fully saturated rings. The first-order chi connectivity index (χ1) is 14.9. The van der Waals surface area contributed by atoms with Crippen LogP contribution in [0.15, 0.2) is 60.9 Å². The Hall–Kier alpha value is -1.45. The summed E-state index contributed by atoms with van der Waals surface area (Å²) in [6.07, 6.45) is 16.4. The van der Waals surface area contributed by atoms with E-state index in [2.05, 4.69) is 88.7 Å². The van der Waals surface area contributed by atoms with Gasteiger partial charge in [0.15, 0.2) is 11.0 Å². The fourth-order valence-electron chi connectivity index (χ4n) is 4.11. The third kappa shape index (κ3) is 8.90. The number of imidazole rings is 1. The highest BCUT2D eigenvalue weighted by Crippen LogP contribution is 2.17. The van der Waals surface area contributed by atoms with Crippen LogP contribution in [-0.4, -0.2) is 10.3 Å².